The minimum absolute atomic E-state index is 0. The van der Waals surface area contributed by atoms with Crippen molar-refractivity contribution in [3.05, 3.63) is 34.9 Å². The zero-order valence-corrected chi connectivity index (χ0v) is 11.1. The number of carbonyl (C=O) groups excluding carboxylic acids is 1. The van der Waals surface area contributed by atoms with E-state index in [9.17, 15) is 4.79 Å². The highest BCUT2D eigenvalue weighted by Crippen LogP contribution is 2.17. The summed E-state index contributed by atoms with van der Waals surface area (Å²) in [6.07, 6.45) is 0.996. The fourth-order valence-corrected chi connectivity index (χ4v) is 2.07. The molecule has 2 rings (SSSR count). The van der Waals surface area contributed by atoms with E-state index in [0.717, 1.165) is 32.6 Å². The van der Waals surface area contributed by atoms with Gasteiger partial charge in [0, 0.05) is 19.6 Å². The van der Waals surface area contributed by atoms with E-state index >= 15 is 0 Å². The molecule has 1 saturated heterocycles. The lowest BCUT2D eigenvalue weighted by Crippen LogP contribution is -2.34. The highest BCUT2D eigenvalue weighted by Gasteiger charge is 2.18. The number of nitrogens with zero attached hydrogens (tertiary/aromatic N) is 1. The van der Waals surface area contributed by atoms with Crippen LogP contribution in [0.5, 0.6) is 0 Å². The average Bonchev–Trinajstić information content (AvgIpc) is 2.57. The molecule has 94 valence electrons. The SMILES string of the molecule is Cl.O=C(c1ccccc1Cl)N1CCCNCC1. The van der Waals surface area contributed by atoms with E-state index in [4.69, 9.17) is 11.6 Å². The van der Waals surface area contributed by atoms with Gasteiger partial charge in [0.15, 0.2) is 0 Å². The lowest BCUT2D eigenvalue weighted by molar-refractivity contribution is 0.0766. The second-order valence-corrected chi connectivity index (χ2v) is 4.28. The van der Waals surface area contributed by atoms with Crippen molar-refractivity contribution in [3.8, 4) is 0 Å². The molecule has 0 aromatic heterocycles. The highest BCUT2D eigenvalue weighted by molar-refractivity contribution is 6.33. The van der Waals surface area contributed by atoms with Crippen LogP contribution >= 0.6 is 24.0 Å². The Hall–Kier alpha value is -0.770. The van der Waals surface area contributed by atoms with Gasteiger partial charge in [-0.25, -0.2) is 0 Å². The zero-order valence-electron chi connectivity index (χ0n) is 9.49. The standard InChI is InChI=1S/C12H15ClN2O.ClH/c13-11-5-2-1-4-10(11)12(16)15-8-3-6-14-7-9-15;/h1-2,4-5,14H,3,6-9H2;1H. The Balaban J connectivity index is 0.00000144. The van der Waals surface area contributed by atoms with Crippen LogP contribution in [0.25, 0.3) is 0 Å². The largest absolute Gasteiger partial charge is 0.337 e. The Bertz CT molecular complexity index is 377. The van der Waals surface area contributed by atoms with Crippen LogP contribution in [-0.4, -0.2) is 37.0 Å². The Morgan fingerprint density at radius 3 is 2.76 bits per heavy atom. The molecule has 0 saturated carbocycles. The van der Waals surface area contributed by atoms with Crippen LogP contribution in [-0.2, 0) is 0 Å². The first-order chi connectivity index (χ1) is 7.79. The van der Waals surface area contributed by atoms with Gasteiger partial charge in [0.1, 0.15) is 0 Å². The van der Waals surface area contributed by atoms with E-state index < -0.39 is 0 Å². The molecule has 0 unspecified atom stereocenters. The molecule has 1 amide bonds. The quantitative estimate of drug-likeness (QED) is 0.852. The summed E-state index contributed by atoms with van der Waals surface area (Å²) < 4.78 is 0. The van der Waals surface area contributed by atoms with Crippen molar-refractivity contribution < 1.29 is 4.79 Å². The average molecular weight is 275 g/mol. The second kappa shape index (κ2) is 6.84. The Labute approximate surface area is 113 Å². The van der Waals surface area contributed by atoms with Gasteiger partial charge in [-0.1, -0.05) is 23.7 Å². The van der Waals surface area contributed by atoms with Crippen molar-refractivity contribution in [1.29, 1.82) is 0 Å². The summed E-state index contributed by atoms with van der Waals surface area (Å²) in [7, 11) is 0. The maximum absolute atomic E-state index is 12.2. The van der Waals surface area contributed by atoms with Gasteiger partial charge in [-0.2, -0.15) is 0 Å². The Morgan fingerprint density at radius 1 is 1.24 bits per heavy atom. The minimum Gasteiger partial charge on any atom is -0.337 e. The predicted molar refractivity (Wildman–Crippen MR) is 72.1 cm³/mol. The number of rotatable bonds is 1. The van der Waals surface area contributed by atoms with Crippen molar-refractivity contribution in [1.82, 2.24) is 10.2 Å². The number of benzene rings is 1. The minimum atomic E-state index is 0. The van der Waals surface area contributed by atoms with Gasteiger partial charge in [-0.05, 0) is 25.1 Å². The van der Waals surface area contributed by atoms with Crippen molar-refractivity contribution in [3.63, 3.8) is 0 Å². The molecule has 3 nitrogen and oxygen atoms in total. The summed E-state index contributed by atoms with van der Waals surface area (Å²) in [6.45, 7) is 3.39. The highest BCUT2D eigenvalue weighted by atomic mass is 35.5. The van der Waals surface area contributed by atoms with Crippen LogP contribution in [0.2, 0.25) is 5.02 Å². The third-order valence-electron chi connectivity index (χ3n) is 2.73. The summed E-state index contributed by atoms with van der Waals surface area (Å²) in [5.74, 6) is 0.0364. The van der Waals surface area contributed by atoms with Crippen LogP contribution in [0.4, 0.5) is 0 Å². The molecule has 1 aromatic rings. The fraction of sp³-hybridized carbons (Fsp3) is 0.417. The molecule has 1 heterocycles. The lowest BCUT2D eigenvalue weighted by atomic mass is 10.2. The number of hydrogen-bond acceptors (Lipinski definition) is 2. The van der Waals surface area contributed by atoms with Crippen molar-refractivity contribution in [2.24, 2.45) is 0 Å². The normalized spacial score (nSPS) is 15.9. The molecule has 1 aliphatic rings. The first-order valence-corrected chi connectivity index (χ1v) is 5.91. The molecular weight excluding hydrogens is 259 g/mol. The van der Waals surface area contributed by atoms with E-state index in [-0.39, 0.29) is 18.3 Å². The van der Waals surface area contributed by atoms with Crippen molar-refractivity contribution >= 4 is 29.9 Å². The Morgan fingerprint density at radius 2 is 2.00 bits per heavy atom. The van der Waals surface area contributed by atoms with Gasteiger partial charge >= 0.3 is 0 Å². The number of nitrogens with one attached hydrogen (secondary N) is 1. The number of amides is 1. The van der Waals surface area contributed by atoms with E-state index in [0.29, 0.717) is 10.6 Å². The molecule has 0 bridgehead atoms. The molecule has 1 aromatic carbocycles. The van der Waals surface area contributed by atoms with Crippen LogP contribution in [0, 0.1) is 0 Å². The topological polar surface area (TPSA) is 32.3 Å². The number of halogens is 2. The van der Waals surface area contributed by atoms with Crippen LogP contribution in [0.15, 0.2) is 24.3 Å². The van der Waals surface area contributed by atoms with Gasteiger partial charge in [0.05, 0.1) is 10.6 Å². The molecule has 1 N–H and O–H groups in total. The maximum Gasteiger partial charge on any atom is 0.255 e. The summed E-state index contributed by atoms with van der Waals surface area (Å²) in [6, 6.07) is 7.21. The summed E-state index contributed by atoms with van der Waals surface area (Å²) >= 11 is 6.02. The van der Waals surface area contributed by atoms with E-state index in [1.54, 1.807) is 12.1 Å². The third-order valence-corrected chi connectivity index (χ3v) is 3.06. The summed E-state index contributed by atoms with van der Waals surface area (Å²) in [5, 5.41) is 3.80. The van der Waals surface area contributed by atoms with E-state index in [2.05, 4.69) is 5.32 Å². The third kappa shape index (κ3) is 3.60. The van der Waals surface area contributed by atoms with Crippen LogP contribution < -0.4 is 5.32 Å². The molecule has 1 fully saturated rings. The molecule has 0 atom stereocenters. The van der Waals surface area contributed by atoms with Gasteiger partial charge < -0.3 is 10.2 Å². The lowest BCUT2D eigenvalue weighted by Gasteiger charge is -2.20. The molecule has 17 heavy (non-hydrogen) atoms. The predicted octanol–water partition coefficient (Wildman–Crippen LogP) is 2.20. The van der Waals surface area contributed by atoms with Crippen LogP contribution in [0.3, 0.4) is 0 Å². The molecule has 0 aliphatic carbocycles. The van der Waals surface area contributed by atoms with Gasteiger partial charge in [-0.3, -0.25) is 4.79 Å². The first-order valence-electron chi connectivity index (χ1n) is 5.53. The van der Waals surface area contributed by atoms with Gasteiger partial charge in [0.2, 0.25) is 0 Å². The first kappa shape index (κ1) is 14.3. The molecule has 5 heteroatoms. The Kier molecular flexibility index (Phi) is 5.75. The number of hydrogen-bond donors (Lipinski definition) is 1. The van der Waals surface area contributed by atoms with Gasteiger partial charge in [0.25, 0.3) is 5.91 Å². The van der Waals surface area contributed by atoms with E-state index in [1.807, 2.05) is 17.0 Å². The van der Waals surface area contributed by atoms with Gasteiger partial charge in [-0.15, -0.1) is 12.4 Å². The monoisotopic (exact) mass is 274 g/mol. The fourth-order valence-electron chi connectivity index (χ4n) is 1.85. The molecule has 0 radical (unpaired) electrons. The van der Waals surface area contributed by atoms with Crippen molar-refractivity contribution in [2.45, 2.75) is 6.42 Å². The molecular formula is C12H16Cl2N2O. The molecule has 0 spiro atoms. The summed E-state index contributed by atoms with van der Waals surface area (Å²) in [4.78, 5) is 14.0. The smallest absolute Gasteiger partial charge is 0.255 e. The molecule has 1 aliphatic heterocycles. The van der Waals surface area contributed by atoms with Crippen molar-refractivity contribution in [2.75, 3.05) is 26.2 Å². The second-order valence-electron chi connectivity index (χ2n) is 3.88. The number of carbonyl (C=O) groups is 1. The van der Waals surface area contributed by atoms with E-state index in [1.165, 1.54) is 0 Å². The summed E-state index contributed by atoms with van der Waals surface area (Å²) in [5.41, 5.74) is 0.603. The zero-order chi connectivity index (χ0) is 11.4. The van der Waals surface area contributed by atoms with Crippen LogP contribution in [0.1, 0.15) is 16.8 Å². The maximum atomic E-state index is 12.2.